The zero-order valence-electron chi connectivity index (χ0n) is 13.7. The van der Waals surface area contributed by atoms with Crippen molar-refractivity contribution in [3.63, 3.8) is 0 Å². The van der Waals surface area contributed by atoms with Gasteiger partial charge in [-0.05, 0) is 75.3 Å². The van der Waals surface area contributed by atoms with E-state index in [0.29, 0.717) is 0 Å². The van der Waals surface area contributed by atoms with Crippen LogP contribution in [0.2, 0.25) is 0 Å². The van der Waals surface area contributed by atoms with Gasteiger partial charge in [0.15, 0.2) is 0 Å². The molecule has 0 radical (unpaired) electrons. The summed E-state index contributed by atoms with van der Waals surface area (Å²) in [5.41, 5.74) is 2.82. The lowest BCUT2D eigenvalue weighted by Gasteiger charge is -2.28. The average Bonchev–Trinajstić information content (AvgIpc) is 2.54. The zero-order valence-corrected chi connectivity index (χ0v) is 13.7. The van der Waals surface area contributed by atoms with Gasteiger partial charge in [0.2, 0.25) is 0 Å². The molecule has 1 heteroatoms. The Balaban J connectivity index is 1.79. The van der Waals surface area contributed by atoms with Crippen molar-refractivity contribution in [2.24, 2.45) is 5.92 Å². The highest BCUT2D eigenvalue weighted by Crippen LogP contribution is 2.37. The smallest absolute Gasteiger partial charge is 0.0716 e. The number of ether oxygens (including phenoxy) is 1. The van der Waals surface area contributed by atoms with Crippen LogP contribution in [0.4, 0.5) is 0 Å². The largest absolute Gasteiger partial charge is 0.377 e. The Morgan fingerprint density at radius 2 is 1.81 bits per heavy atom. The van der Waals surface area contributed by atoms with Gasteiger partial charge >= 0.3 is 0 Å². The van der Waals surface area contributed by atoms with Crippen LogP contribution in [0, 0.1) is 5.92 Å². The van der Waals surface area contributed by atoms with Crippen molar-refractivity contribution in [1.29, 1.82) is 0 Å². The van der Waals surface area contributed by atoms with Crippen LogP contribution in [0.5, 0.6) is 0 Å². The van der Waals surface area contributed by atoms with Crippen LogP contribution in [0.1, 0.15) is 69.4 Å². The zero-order chi connectivity index (χ0) is 14.9. The van der Waals surface area contributed by atoms with Gasteiger partial charge in [0.25, 0.3) is 0 Å². The topological polar surface area (TPSA) is 9.23 Å². The number of rotatable bonds is 7. The Morgan fingerprint density at radius 3 is 2.43 bits per heavy atom. The van der Waals surface area contributed by atoms with Crippen molar-refractivity contribution in [3.05, 3.63) is 47.5 Å². The third-order valence-electron chi connectivity index (χ3n) is 4.75. The molecule has 0 bridgehead atoms. The van der Waals surface area contributed by atoms with E-state index in [4.69, 9.17) is 4.74 Å². The molecule has 0 aromatic heterocycles. The molecular formula is C20H30O. The summed E-state index contributed by atoms with van der Waals surface area (Å²) >= 11 is 0. The first-order chi connectivity index (χ1) is 10.3. The molecule has 116 valence electrons. The van der Waals surface area contributed by atoms with Crippen LogP contribution in [0.3, 0.4) is 0 Å². The summed E-state index contributed by atoms with van der Waals surface area (Å²) < 4.78 is 5.46. The van der Waals surface area contributed by atoms with Crippen LogP contribution in [0.15, 0.2) is 36.4 Å². The van der Waals surface area contributed by atoms with Gasteiger partial charge in [-0.15, -0.1) is 0 Å². The van der Waals surface area contributed by atoms with Crippen LogP contribution in [-0.4, -0.2) is 6.61 Å². The summed E-state index contributed by atoms with van der Waals surface area (Å²) in [6, 6.07) is 9.12. The van der Waals surface area contributed by atoms with Gasteiger partial charge in [-0.2, -0.15) is 0 Å². The van der Waals surface area contributed by atoms with Crippen molar-refractivity contribution < 1.29 is 4.74 Å². The highest BCUT2D eigenvalue weighted by atomic mass is 16.5. The molecule has 0 N–H and O–H groups in total. The predicted octanol–water partition coefficient (Wildman–Crippen LogP) is 5.85. The van der Waals surface area contributed by atoms with E-state index < -0.39 is 0 Å². The van der Waals surface area contributed by atoms with Gasteiger partial charge in [-0.3, -0.25) is 0 Å². The van der Waals surface area contributed by atoms with Crippen molar-refractivity contribution in [2.45, 2.75) is 64.9 Å². The summed E-state index contributed by atoms with van der Waals surface area (Å²) in [5.74, 6) is 1.73. The summed E-state index contributed by atoms with van der Waals surface area (Å²) in [4.78, 5) is 0. The lowest BCUT2D eigenvalue weighted by Crippen LogP contribution is -2.13. The van der Waals surface area contributed by atoms with Gasteiger partial charge < -0.3 is 4.74 Å². The Morgan fingerprint density at radius 1 is 1.10 bits per heavy atom. The molecule has 1 aromatic rings. The summed E-state index contributed by atoms with van der Waals surface area (Å²) in [6.07, 6.45) is 12.7. The first-order valence-electron chi connectivity index (χ1n) is 8.61. The molecule has 0 saturated heterocycles. The molecule has 0 aliphatic heterocycles. The van der Waals surface area contributed by atoms with Crippen molar-refractivity contribution >= 4 is 0 Å². The maximum absolute atomic E-state index is 5.46. The Labute approximate surface area is 130 Å². The summed E-state index contributed by atoms with van der Waals surface area (Å²) in [6.45, 7) is 5.70. The molecule has 21 heavy (non-hydrogen) atoms. The number of benzene rings is 1. The van der Waals surface area contributed by atoms with E-state index >= 15 is 0 Å². The van der Waals surface area contributed by atoms with Crippen molar-refractivity contribution in [3.8, 4) is 0 Å². The van der Waals surface area contributed by atoms with Gasteiger partial charge in [-0.1, -0.05) is 36.4 Å². The second-order valence-electron chi connectivity index (χ2n) is 6.24. The molecule has 0 atom stereocenters. The van der Waals surface area contributed by atoms with E-state index in [1.165, 1.54) is 49.7 Å². The molecule has 0 amide bonds. The lowest BCUT2D eigenvalue weighted by molar-refractivity contribution is 0.134. The molecule has 2 rings (SSSR count). The fourth-order valence-electron chi connectivity index (χ4n) is 3.39. The minimum Gasteiger partial charge on any atom is -0.377 e. The highest BCUT2D eigenvalue weighted by molar-refractivity contribution is 5.25. The van der Waals surface area contributed by atoms with Crippen molar-refractivity contribution in [2.75, 3.05) is 6.61 Å². The first kappa shape index (κ1) is 16.3. The Hall–Kier alpha value is -1.08. The molecule has 0 spiro atoms. The molecule has 1 nitrogen and oxygen atoms in total. The molecule has 0 heterocycles. The molecule has 1 aliphatic carbocycles. The van der Waals surface area contributed by atoms with Crippen LogP contribution >= 0.6 is 0 Å². The third-order valence-corrected chi connectivity index (χ3v) is 4.75. The fourth-order valence-corrected chi connectivity index (χ4v) is 3.39. The van der Waals surface area contributed by atoms with E-state index in [-0.39, 0.29) is 0 Å². The van der Waals surface area contributed by atoms with Crippen molar-refractivity contribution in [1.82, 2.24) is 0 Å². The van der Waals surface area contributed by atoms with E-state index in [2.05, 4.69) is 43.3 Å². The third kappa shape index (κ3) is 5.32. The molecule has 1 saturated carbocycles. The molecule has 1 aliphatic rings. The second-order valence-corrected chi connectivity index (χ2v) is 6.24. The van der Waals surface area contributed by atoms with Gasteiger partial charge in [0, 0.05) is 6.61 Å². The van der Waals surface area contributed by atoms with Crippen LogP contribution in [-0.2, 0) is 11.3 Å². The molecule has 0 unspecified atom stereocenters. The summed E-state index contributed by atoms with van der Waals surface area (Å²) in [7, 11) is 0. The predicted molar refractivity (Wildman–Crippen MR) is 90.5 cm³/mol. The average molecular weight is 286 g/mol. The van der Waals surface area contributed by atoms with Gasteiger partial charge in [-0.25, -0.2) is 0 Å². The van der Waals surface area contributed by atoms with Crippen LogP contribution < -0.4 is 0 Å². The fraction of sp³-hybridized carbons (Fsp3) is 0.600. The SMILES string of the molecule is CC=CCC[C@H]1CC[C@H](c2ccc(COCC)cc2)CC1. The Kier molecular flexibility index (Phi) is 7.02. The van der Waals surface area contributed by atoms with E-state index in [0.717, 1.165) is 25.0 Å². The van der Waals surface area contributed by atoms with E-state index in [1.54, 1.807) is 0 Å². The first-order valence-corrected chi connectivity index (χ1v) is 8.61. The quantitative estimate of drug-likeness (QED) is 0.571. The van der Waals surface area contributed by atoms with Gasteiger partial charge in [0.05, 0.1) is 6.61 Å². The maximum Gasteiger partial charge on any atom is 0.0716 e. The number of hydrogen-bond donors (Lipinski definition) is 0. The number of hydrogen-bond acceptors (Lipinski definition) is 1. The molecule has 1 fully saturated rings. The highest BCUT2D eigenvalue weighted by Gasteiger charge is 2.21. The van der Waals surface area contributed by atoms with E-state index in [9.17, 15) is 0 Å². The lowest BCUT2D eigenvalue weighted by atomic mass is 9.77. The number of allylic oxidation sites excluding steroid dienone is 2. The Bertz CT molecular complexity index is 410. The standard InChI is InChI=1S/C20H30O/c1-3-5-6-7-17-8-12-19(13-9-17)20-14-10-18(11-15-20)16-21-4-2/h3,5,10-11,14-15,17,19H,4,6-9,12-13,16H2,1-2H3/t17-,19-. The summed E-state index contributed by atoms with van der Waals surface area (Å²) in [5, 5.41) is 0. The van der Waals surface area contributed by atoms with Crippen LogP contribution in [0.25, 0.3) is 0 Å². The minimum atomic E-state index is 0.745. The molecular weight excluding hydrogens is 256 g/mol. The van der Waals surface area contributed by atoms with Gasteiger partial charge in [0.1, 0.15) is 0 Å². The maximum atomic E-state index is 5.46. The minimum absolute atomic E-state index is 0.745. The molecule has 1 aromatic carbocycles. The van der Waals surface area contributed by atoms with E-state index in [1.807, 2.05) is 6.92 Å². The normalized spacial score (nSPS) is 22.8. The monoisotopic (exact) mass is 286 g/mol. The second kappa shape index (κ2) is 9.04.